The lowest BCUT2D eigenvalue weighted by atomic mass is 9.87. The number of benzene rings is 3. The van der Waals surface area contributed by atoms with Crippen molar-refractivity contribution in [2.45, 2.75) is 96.0 Å². The van der Waals surface area contributed by atoms with Crippen LogP contribution in [0, 0.1) is 17.6 Å². The molecular formula is C53H67F2N12O8+. The van der Waals surface area contributed by atoms with Crippen LogP contribution in [-0.2, 0) is 37.8 Å². The van der Waals surface area contributed by atoms with Gasteiger partial charge in [-0.3, -0.25) is 9.69 Å². The summed E-state index contributed by atoms with van der Waals surface area (Å²) < 4.78 is 59.8. The molecule has 6 atom stereocenters. The number of carbonyl (C=O) groups is 2. The SMILES string of the molecule is CC[C@@H]([C@H](C)O)n1ncn(-c2ccc(N3CCN(c4ccc(OC[C@@H]5CO[C@@](Cn6c[n+](C(C)OC(=O)N(C)c7ncccc7COC(=O)[C@@H](N)CCCCN)cn6)(c6ccc(F)cc6F)C5)cc4)CC3)cc2)c1=O. The number of ether oxygens (including phenoxy) is 4. The maximum Gasteiger partial charge on any atom is 0.418 e. The van der Waals surface area contributed by atoms with Crippen LogP contribution in [0.25, 0.3) is 5.69 Å². The Balaban J connectivity index is 0.840. The molecular weight excluding hydrogens is 971 g/mol. The number of anilines is 3. The van der Waals surface area contributed by atoms with Crippen LogP contribution in [0.15, 0.2) is 109 Å². The van der Waals surface area contributed by atoms with Crippen molar-refractivity contribution < 1.29 is 47.0 Å². The fourth-order valence-corrected chi connectivity index (χ4v) is 9.63. The number of rotatable bonds is 22. The molecule has 0 saturated carbocycles. The molecule has 0 radical (unpaired) electrons. The van der Waals surface area contributed by atoms with Crippen LogP contribution in [0.3, 0.4) is 0 Å². The first kappa shape index (κ1) is 54.0. The summed E-state index contributed by atoms with van der Waals surface area (Å²) in [7, 11) is 1.49. The summed E-state index contributed by atoms with van der Waals surface area (Å²) in [6, 6.07) is 21.4. The van der Waals surface area contributed by atoms with Gasteiger partial charge in [0.25, 0.3) is 6.33 Å². The van der Waals surface area contributed by atoms with E-state index in [4.69, 9.17) is 30.4 Å². The second-order valence-corrected chi connectivity index (χ2v) is 19.2. The highest BCUT2D eigenvalue weighted by molar-refractivity contribution is 5.86. The summed E-state index contributed by atoms with van der Waals surface area (Å²) >= 11 is 0. The van der Waals surface area contributed by atoms with Crippen molar-refractivity contribution in [3.8, 4) is 11.4 Å². The summed E-state index contributed by atoms with van der Waals surface area (Å²) in [5, 5.41) is 18.9. The van der Waals surface area contributed by atoms with E-state index >= 15 is 4.39 Å². The number of nitrogens with two attached hydrogens (primary N) is 2. The summed E-state index contributed by atoms with van der Waals surface area (Å²) in [6.45, 7) is 9.34. The molecule has 400 valence electrons. The van der Waals surface area contributed by atoms with E-state index in [1.165, 1.54) is 52.2 Å². The Morgan fingerprint density at radius 3 is 2.33 bits per heavy atom. The number of aliphatic hydroxyl groups excluding tert-OH is 1. The van der Waals surface area contributed by atoms with Gasteiger partial charge in [0.1, 0.15) is 54.3 Å². The zero-order chi connectivity index (χ0) is 53.2. The molecule has 22 heteroatoms. The molecule has 2 fully saturated rings. The van der Waals surface area contributed by atoms with Gasteiger partial charge in [0.05, 0.1) is 31.0 Å². The number of piperazine rings is 1. The predicted molar refractivity (Wildman–Crippen MR) is 274 cm³/mol. The smallest absolute Gasteiger partial charge is 0.418 e. The second-order valence-electron chi connectivity index (χ2n) is 19.2. The quantitative estimate of drug-likeness (QED) is 0.0454. The number of esters is 1. The van der Waals surface area contributed by atoms with Gasteiger partial charge >= 0.3 is 17.8 Å². The number of amides is 1. The van der Waals surface area contributed by atoms with Crippen LogP contribution in [0.1, 0.15) is 76.3 Å². The molecule has 6 aromatic rings. The molecule has 75 heavy (non-hydrogen) atoms. The van der Waals surface area contributed by atoms with Crippen LogP contribution in [0.2, 0.25) is 0 Å². The second kappa shape index (κ2) is 24.4. The average molecular weight is 1040 g/mol. The Kier molecular flexibility index (Phi) is 17.6. The number of hydrogen-bond acceptors (Lipinski definition) is 15. The van der Waals surface area contributed by atoms with Crippen LogP contribution in [0.5, 0.6) is 5.75 Å². The fraction of sp³-hybridized carbons (Fsp3) is 0.453. The fourth-order valence-electron chi connectivity index (χ4n) is 9.63. The Morgan fingerprint density at radius 1 is 0.973 bits per heavy atom. The minimum atomic E-state index is -1.24. The Labute approximate surface area is 434 Å². The zero-order valence-electron chi connectivity index (χ0n) is 42.8. The number of halogens is 2. The van der Waals surface area contributed by atoms with E-state index in [9.17, 15) is 23.9 Å². The summed E-state index contributed by atoms with van der Waals surface area (Å²) in [5.41, 5.74) is 13.5. The standard InChI is InChI=1S/C53H67F2N12O8/c1-5-48(36(2)68)67-51(70)66(34-60-67)43-14-12-41(13-15-43)62-23-25-63(26-24-62)42-16-18-44(19-17-42)72-29-38-28-53(74-30-38,45-20-11-40(54)27-46(45)55)32-65-35-64(33-59-65)37(3)75-52(71)61(4)49-39(9-8-22-58-49)31-73-50(69)47(57)10-6-7-21-56/h8-9,11-20,22,27,33-38,47-48,68H,5-7,10,21,23-26,28-32,56-57H2,1-4H3/q+1/t36-,37?,38+,47-,48-,53-/m0/s1. The van der Waals surface area contributed by atoms with Crippen molar-refractivity contribution in [3.63, 3.8) is 0 Å². The van der Waals surface area contributed by atoms with Gasteiger partial charge in [0.2, 0.25) is 12.6 Å². The van der Waals surface area contributed by atoms with Gasteiger partial charge in [-0.05, 0) is 99.8 Å². The summed E-state index contributed by atoms with van der Waals surface area (Å²) in [5.74, 6) is -1.29. The van der Waals surface area contributed by atoms with Gasteiger partial charge in [-0.2, -0.15) is 9.67 Å². The third-order valence-electron chi connectivity index (χ3n) is 13.9. The molecule has 3 aromatic heterocycles. The lowest BCUT2D eigenvalue weighted by Gasteiger charge is -2.37. The van der Waals surface area contributed by atoms with Gasteiger partial charge in [-0.15, -0.1) is 4.68 Å². The maximum absolute atomic E-state index is 15.7. The van der Waals surface area contributed by atoms with Crippen molar-refractivity contribution in [3.05, 3.63) is 137 Å². The maximum atomic E-state index is 15.7. The van der Waals surface area contributed by atoms with E-state index in [-0.39, 0.29) is 49.4 Å². The van der Waals surface area contributed by atoms with E-state index in [1.807, 2.05) is 55.5 Å². The molecule has 5 N–H and O–H groups in total. The molecule has 0 aliphatic carbocycles. The minimum Gasteiger partial charge on any atom is -0.493 e. The monoisotopic (exact) mass is 1040 g/mol. The number of hydrogen-bond donors (Lipinski definition) is 3. The Hall–Kier alpha value is -7.27. The third-order valence-corrected chi connectivity index (χ3v) is 13.9. The molecule has 20 nitrogen and oxygen atoms in total. The van der Waals surface area contributed by atoms with Crippen molar-refractivity contribution in [1.29, 1.82) is 0 Å². The lowest BCUT2D eigenvalue weighted by molar-refractivity contribution is -0.753. The molecule has 2 aliphatic heterocycles. The predicted octanol–water partition coefficient (Wildman–Crippen LogP) is 5.15. The van der Waals surface area contributed by atoms with Crippen molar-refractivity contribution >= 4 is 29.3 Å². The van der Waals surface area contributed by atoms with Gasteiger partial charge in [0, 0.05) is 85.9 Å². The Morgan fingerprint density at radius 2 is 1.67 bits per heavy atom. The zero-order valence-corrected chi connectivity index (χ0v) is 42.8. The number of aromatic nitrogens is 7. The van der Waals surface area contributed by atoms with Gasteiger partial charge < -0.3 is 45.3 Å². The molecule has 2 saturated heterocycles. The molecule has 5 heterocycles. The van der Waals surface area contributed by atoms with Crippen molar-refractivity contribution in [2.75, 3.05) is 67.7 Å². The molecule has 0 bridgehead atoms. The number of pyridine rings is 1. The minimum absolute atomic E-state index is 0.0540. The molecule has 0 spiro atoms. The van der Waals surface area contributed by atoms with E-state index in [1.54, 1.807) is 41.6 Å². The van der Waals surface area contributed by atoms with Gasteiger partial charge in [-0.1, -0.05) is 25.5 Å². The molecule has 2 aliphatic rings. The van der Waals surface area contributed by atoms with E-state index in [2.05, 4.69) is 25.0 Å². The van der Waals surface area contributed by atoms with Gasteiger partial charge in [-0.25, -0.2) is 32.6 Å². The first-order chi connectivity index (χ1) is 36.2. The highest BCUT2D eigenvalue weighted by atomic mass is 19.1. The first-order valence-electron chi connectivity index (χ1n) is 25.4. The molecule has 3 aromatic carbocycles. The number of nitrogens with zero attached hydrogens (tertiary/aromatic N) is 10. The number of unbranched alkanes of at least 4 members (excludes halogenated alkanes) is 1. The lowest BCUT2D eigenvalue weighted by Crippen LogP contribution is -2.46. The van der Waals surface area contributed by atoms with Crippen LogP contribution in [0.4, 0.5) is 30.8 Å². The van der Waals surface area contributed by atoms with Crippen LogP contribution < -0.4 is 41.2 Å². The highest BCUT2D eigenvalue weighted by Crippen LogP contribution is 2.42. The van der Waals surface area contributed by atoms with Crippen molar-refractivity contribution in [1.82, 2.24) is 29.1 Å². The van der Waals surface area contributed by atoms with Crippen LogP contribution in [-0.4, -0.2) is 111 Å². The molecule has 8 rings (SSSR count). The highest BCUT2D eigenvalue weighted by Gasteiger charge is 2.46. The van der Waals surface area contributed by atoms with Crippen molar-refractivity contribution in [2.24, 2.45) is 17.4 Å². The largest absolute Gasteiger partial charge is 0.493 e. The topological polar surface area (TPSA) is 227 Å². The summed E-state index contributed by atoms with van der Waals surface area (Å²) in [6.07, 6.45) is 6.59. The van der Waals surface area contributed by atoms with Gasteiger partial charge in [0.15, 0.2) is 0 Å². The average Bonchev–Trinajstić information content (AvgIpc) is 4.16. The van der Waals surface area contributed by atoms with E-state index in [0.29, 0.717) is 49.2 Å². The molecule has 1 amide bonds. The number of carbonyl (C=O) groups excluding carboxylic acids is 2. The normalized spacial score (nSPS) is 18.3. The van der Waals surface area contributed by atoms with E-state index in [0.717, 1.165) is 50.0 Å². The molecule has 1 unspecified atom stereocenters. The third kappa shape index (κ3) is 12.8. The summed E-state index contributed by atoms with van der Waals surface area (Å²) in [4.78, 5) is 49.3. The Bertz CT molecular complexity index is 2910. The van der Waals surface area contributed by atoms with E-state index < -0.39 is 53.7 Å². The van der Waals surface area contributed by atoms with Crippen LogP contribution >= 0.6 is 0 Å². The first-order valence-corrected chi connectivity index (χ1v) is 25.4. The number of aliphatic hydroxyl groups is 1.